The van der Waals surface area contributed by atoms with E-state index >= 15 is 0 Å². The molecule has 6 N–H and O–H groups in total. The van der Waals surface area contributed by atoms with Crippen LogP contribution in [0, 0.1) is 0 Å². The molecule has 13 heteroatoms. The van der Waals surface area contributed by atoms with Gasteiger partial charge >= 0.3 is 10.4 Å². The molecule has 0 aromatic carbocycles. The van der Waals surface area contributed by atoms with Crippen molar-refractivity contribution >= 4 is 16.3 Å². The third kappa shape index (κ3) is 53.0. The molecule has 85 heavy (non-hydrogen) atoms. The summed E-state index contributed by atoms with van der Waals surface area (Å²) >= 11 is 0. The summed E-state index contributed by atoms with van der Waals surface area (Å²) in [4.78, 5) is 13.2. The summed E-state index contributed by atoms with van der Waals surface area (Å²) in [5.41, 5.74) is 0. The molecule has 1 amide bonds. The van der Waals surface area contributed by atoms with Gasteiger partial charge in [-0.3, -0.25) is 9.35 Å². The highest BCUT2D eigenvalue weighted by molar-refractivity contribution is 7.80. The number of amides is 1. The van der Waals surface area contributed by atoms with Gasteiger partial charge in [0, 0.05) is 6.42 Å². The number of rotatable bonds is 66. The number of ether oxygens (including phenoxy) is 2. The summed E-state index contributed by atoms with van der Waals surface area (Å²) in [6.45, 7) is 3.46. The van der Waals surface area contributed by atoms with Crippen molar-refractivity contribution in [3.05, 3.63) is 24.3 Å². The Labute approximate surface area is 524 Å². The molecule has 1 saturated heterocycles. The summed E-state index contributed by atoms with van der Waals surface area (Å²) in [5.74, 6) is -0.255. The molecule has 1 fully saturated rings. The Bertz CT molecular complexity index is 1580. The molecule has 0 bridgehead atoms. The number of aliphatic hydroxyl groups excluding tert-OH is 4. The minimum absolute atomic E-state index is 0.255. The number of allylic oxidation sites excluding steroid dienone is 3. The van der Waals surface area contributed by atoms with E-state index in [1.165, 1.54) is 308 Å². The van der Waals surface area contributed by atoms with Crippen molar-refractivity contribution < 1.29 is 51.8 Å². The van der Waals surface area contributed by atoms with E-state index in [4.69, 9.17) is 9.47 Å². The van der Waals surface area contributed by atoms with Crippen molar-refractivity contribution in [2.75, 3.05) is 13.2 Å². The second kappa shape index (κ2) is 61.4. The van der Waals surface area contributed by atoms with E-state index in [1.54, 1.807) is 6.08 Å². The van der Waals surface area contributed by atoms with E-state index in [2.05, 4.69) is 35.5 Å². The number of carbonyl (C=O) groups is 1. The molecule has 0 saturated carbocycles. The van der Waals surface area contributed by atoms with Gasteiger partial charge in [0.15, 0.2) is 6.29 Å². The molecule has 1 aliphatic rings. The third-order valence-corrected chi connectivity index (χ3v) is 18.2. The largest absolute Gasteiger partial charge is 0.397 e. The monoisotopic (exact) mass is 1230 g/mol. The second-order valence-electron chi connectivity index (χ2n) is 25.9. The Balaban J connectivity index is 2.15. The van der Waals surface area contributed by atoms with Gasteiger partial charge in [-0.1, -0.05) is 346 Å². The number of nitrogens with one attached hydrogen (secondary N) is 1. The Morgan fingerprint density at radius 2 is 0.753 bits per heavy atom. The number of unbranched alkanes of at least 4 members (excludes halogenated alkanes) is 52. The first kappa shape index (κ1) is 81.6. The Hall–Kier alpha value is -1.42. The van der Waals surface area contributed by atoms with Gasteiger partial charge in [0.25, 0.3) is 0 Å². The van der Waals surface area contributed by atoms with Gasteiger partial charge in [0.2, 0.25) is 5.91 Å². The van der Waals surface area contributed by atoms with Crippen LogP contribution >= 0.6 is 0 Å². The molecule has 0 aliphatic carbocycles. The maximum absolute atomic E-state index is 13.2. The first-order chi connectivity index (χ1) is 41.5. The Kier molecular flexibility index (Phi) is 59.0. The van der Waals surface area contributed by atoms with Gasteiger partial charge in [0.05, 0.1) is 25.4 Å². The molecule has 1 heterocycles. The first-order valence-electron chi connectivity index (χ1n) is 36.7. The molecular weight excluding hydrogens is 1090 g/mol. The van der Waals surface area contributed by atoms with Gasteiger partial charge < -0.3 is 35.2 Å². The summed E-state index contributed by atoms with van der Waals surface area (Å²) in [5, 5.41) is 45.1. The summed E-state index contributed by atoms with van der Waals surface area (Å²) < 4.78 is 48.0. The normalized spacial score (nSPS) is 18.3. The van der Waals surface area contributed by atoms with E-state index in [0.717, 1.165) is 38.5 Å². The summed E-state index contributed by atoms with van der Waals surface area (Å²) in [6, 6.07) is -0.943. The highest BCUT2D eigenvalue weighted by atomic mass is 32.3. The van der Waals surface area contributed by atoms with E-state index in [-0.39, 0.29) is 18.9 Å². The van der Waals surface area contributed by atoms with Crippen LogP contribution < -0.4 is 5.32 Å². The fourth-order valence-electron chi connectivity index (χ4n) is 12.1. The van der Waals surface area contributed by atoms with Crippen molar-refractivity contribution in [1.29, 1.82) is 0 Å². The molecule has 7 atom stereocenters. The molecular formula is C72H139NO11S. The number of aliphatic hydroxyl groups is 4. The van der Waals surface area contributed by atoms with Crippen molar-refractivity contribution in [3.63, 3.8) is 0 Å². The molecule has 0 aromatic heterocycles. The molecule has 504 valence electrons. The predicted molar refractivity (Wildman–Crippen MR) is 356 cm³/mol. The Morgan fingerprint density at radius 3 is 1.06 bits per heavy atom. The first-order valence-corrected chi connectivity index (χ1v) is 38.1. The van der Waals surface area contributed by atoms with Crippen molar-refractivity contribution in [3.8, 4) is 0 Å². The molecule has 1 rings (SSSR count). The average Bonchev–Trinajstić information content (AvgIpc) is 3.31. The van der Waals surface area contributed by atoms with Crippen LogP contribution in [0.4, 0.5) is 0 Å². The quantitative estimate of drug-likeness (QED) is 0.0193. The highest BCUT2D eigenvalue weighted by Gasteiger charge is 2.48. The second-order valence-corrected chi connectivity index (χ2v) is 26.9. The number of hydrogen-bond acceptors (Lipinski definition) is 10. The fraction of sp³-hybridized carbons (Fsp3) is 0.931. The minimum Gasteiger partial charge on any atom is -0.394 e. The van der Waals surface area contributed by atoms with E-state index in [9.17, 15) is 38.2 Å². The lowest BCUT2D eigenvalue weighted by Gasteiger charge is -2.41. The molecule has 0 spiro atoms. The molecule has 12 nitrogen and oxygen atoms in total. The molecule has 0 aromatic rings. The van der Waals surface area contributed by atoms with Crippen LogP contribution in [0.3, 0.4) is 0 Å². The van der Waals surface area contributed by atoms with Gasteiger partial charge in [0.1, 0.15) is 24.4 Å². The third-order valence-electron chi connectivity index (χ3n) is 17.7. The van der Waals surface area contributed by atoms with E-state index in [1.807, 2.05) is 6.08 Å². The minimum atomic E-state index is -5.09. The fourth-order valence-corrected chi connectivity index (χ4v) is 12.6. The lowest BCUT2D eigenvalue weighted by atomic mass is 9.99. The average molecular weight is 1230 g/mol. The zero-order valence-electron chi connectivity index (χ0n) is 55.5. The summed E-state index contributed by atoms with van der Waals surface area (Å²) in [6.07, 6.45) is 71.4. The maximum atomic E-state index is 13.2. The van der Waals surface area contributed by atoms with Crippen molar-refractivity contribution in [2.24, 2.45) is 0 Å². The van der Waals surface area contributed by atoms with Gasteiger partial charge in [-0.2, -0.15) is 8.42 Å². The summed E-state index contributed by atoms with van der Waals surface area (Å²) in [7, 11) is -5.09. The Morgan fingerprint density at radius 1 is 0.459 bits per heavy atom. The molecule has 1 aliphatic heterocycles. The SMILES string of the molecule is CCCCCCCCCCCCCCCCCCC/C=C/C(O)C(COC1OC(CO)C(O)C(OS(=O)(=O)O)C1O)NC(=O)CCCCCCCCCCCCCCCCCCC/C=C\CCCCCCCCCCCCCCCCCCCC. The maximum Gasteiger partial charge on any atom is 0.397 e. The van der Waals surface area contributed by atoms with Crippen molar-refractivity contribution in [2.45, 2.75) is 416 Å². The van der Waals surface area contributed by atoms with E-state index in [0.29, 0.717) is 6.42 Å². The van der Waals surface area contributed by atoms with Gasteiger partial charge in [-0.15, -0.1) is 0 Å². The topological polar surface area (TPSA) is 192 Å². The van der Waals surface area contributed by atoms with Crippen LogP contribution in [0.25, 0.3) is 0 Å². The van der Waals surface area contributed by atoms with Crippen molar-refractivity contribution in [1.82, 2.24) is 5.32 Å². The molecule has 7 unspecified atom stereocenters. The van der Waals surface area contributed by atoms with Crippen LogP contribution in [-0.2, 0) is 28.9 Å². The highest BCUT2D eigenvalue weighted by Crippen LogP contribution is 2.27. The predicted octanol–water partition coefficient (Wildman–Crippen LogP) is 19.5. The van der Waals surface area contributed by atoms with E-state index < -0.39 is 59.9 Å². The standard InChI is InChI=1S/C72H139NO11S/c1-3-5-7-9-11-13-15-17-19-21-23-24-25-26-27-28-29-30-31-32-33-34-35-36-37-38-39-40-41-42-44-46-48-50-52-54-56-58-60-62-68(76)73-65(64-82-72-70(78)71(84-85(79,80)81)69(77)67(63-74)83-72)66(75)61-59-57-55-53-51-49-47-45-43-22-20-18-16-14-12-10-8-6-4-2/h32-33,59,61,65-67,69-72,74-75,77-78H,3-31,34-58,60,62-64H2,1-2H3,(H,73,76)(H,79,80,81)/b33-32-,61-59+. The van der Waals surface area contributed by atoms with Crippen LogP contribution in [0.5, 0.6) is 0 Å². The van der Waals surface area contributed by atoms with Crippen LogP contribution in [-0.4, -0.2) is 95.4 Å². The molecule has 0 radical (unpaired) electrons. The number of carbonyl (C=O) groups excluding carboxylic acids is 1. The lowest BCUT2D eigenvalue weighted by molar-refractivity contribution is -0.298. The zero-order chi connectivity index (χ0) is 61.8. The van der Waals surface area contributed by atoms with Crippen LogP contribution in [0.15, 0.2) is 24.3 Å². The smallest absolute Gasteiger partial charge is 0.394 e. The van der Waals surface area contributed by atoms with Gasteiger partial charge in [-0.05, 0) is 44.9 Å². The number of hydrogen-bond donors (Lipinski definition) is 6. The van der Waals surface area contributed by atoms with Crippen LogP contribution in [0.1, 0.15) is 373 Å². The lowest BCUT2D eigenvalue weighted by Crippen LogP contribution is -2.61. The van der Waals surface area contributed by atoms with Crippen LogP contribution in [0.2, 0.25) is 0 Å². The zero-order valence-corrected chi connectivity index (χ0v) is 56.3. The van der Waals surface area contributed by atoms with Gasteiger partial charge in [-0.25, -0.2) is 4.18 Å².